The molecule has 1 rings (SSSR count). The zero-order valence-corrected chi connectivity index (χ0v) is 7.08. The number of aromatic carboxylic acids is 1. The Hall–Kier alpha value is -1.92. The Morgan fingerprint density at radius 3 is 2.20 bits per heavy atom. The van der Waals surface area contributed by atoms with E-state index < -0.39 is 29.2 Å². The molecule has 1 heterocycles. The van der Waals surface area contributed by atoms with E-state index >= 15 is 0 Å². The number of hydrogen-bond acceptors (Lipinski definition) is 3. The summed E-state index contributed by atoms with van der Waals surface area (Å²) in [4.78, 5) is 24.1. The van der Waals surface area contributed by atoms with Gasteiger partial charge in [0.15, 0.2) is 0 Å². The van der Waals surface area contributed by atoms with Gasteiger partial charge in [-0.1, -0.05) is 0 Å². The first-order valence-corrected chi connectivity index (χ1v) is 3.63. The van der Waals surface area contributed by atoms with Crippen LogP contribution in [-0.4, -0.2) is 28.0 Å². The summed E-state index contributed by atoms with van der Waals surface area (Å²) in [7, 11) is 0. The van der Waals surface area contributed by atoms with Crippen LogP contribution in [0.4, 0.5) is 13.2 Å². The molecule has 80 valence electrons. The molecule has 0 amide bonds. The van der Waals surface area contributed by atoms with Gasteiger partial charge in [0.25, 0.3) is 5.78 Å². The SMILES string of the molecule is O=C(O)c1ccc(C(=O)C(F)(F)F)cn1. The van der Waals surface area contributed by atoms with Gasteiger partial charge in [0.05, 0.1) is 0 Å². The molecule has 0 unspecified atom stereocenters. The molecular formula is C8H4F3NO3. The highest BCUT2D eigenvalue weighted by molar-refractivity contribution is 6.00. The molecule has 4 nitrogen and oxygen atoms in total. The molecule has 0 aliphatic carbocycles. The molecular weight excluding hydrogens is 215 g/mol. The molecule has 0 radical (unpaired) electrons. The summed E-state index contributed by atoms with van der Waals surface area (Å²) in [6, 6.07) is 1.60. The standard InChI is InChI=1S/C8H4F3NO3/c9-8(10,11)6(13)4-1-2-5(7(14)15)12-3-4/h1-3H,(H,14,15). The van der Waals surface area contributed by atoms with Gasteiger partial charge >= 0.3 is 12.1 Å². The second kappa shape index (κ2) is 3.68. The van der Waals surface area contributed by atoms with Gasteiger partial charge in [-0.15, -0.1) is 0 Å². The number of Topliss-reactive ketones (excluding diaryl/α,β-unsaturated/α-hetero) is 1. The van der Waals surface area contributed by atoms with Crippen LogP contribution in [0, 0.1) is 0 Å². The summed E-state index contributed by atoms with van der Waals surface area (Å²) >= 11 is 0. The van der Waals surface area contributed by atoms with E-state index in [1.165, 1.54) is 0 Å². The fourth-order valence-corrected chi connectivity index (χ4v) is 0.818. The summed E-state index contributed by atoms with van der Waals surface area (Å²) in [6.07, 6.45) is -4.40. The fraction of sp³-hybridized carbons (Fsp3) is 0.125. The summed E-state index contributed by atoms with van der Waals surface area (Å²) in [5, 5.41) is 8.40. The number of nitrogens with zero attached hydrogens (tertiary/aromatic N) is 1. The van der Waals surface area contributed by atoms with Gasteiger partial charge in [0, 0.05) is 11.8 Å². The lowest BCUT2D eigenvalue weighted by Gasteiger charge is -2.04. The maximum Gasteiger partial charge on any atom is 0.454 e. The van der Waals surface area contributed by atoms with Crippen LogP contribution in [0.2, 0.25) is 0 Å². The Morgan fingerprint density at radius 1 is 1.27 bits per heavy atom. The van der Waals surface area contributed by atoms with Crippen LogP contribution in [0.5, 0.6) is 0 Å². The van der Waals surface area contributed by atoms with E-state index in [-0.39, 0.29) is 0 Å². The fourth-order valence-electron chi connectivity index (χ4n) is 0.818. The van der Waals surface area contributed by atoms with E-state index in [9.17, 15) is 22.8 Å². The quantitative estimate of drug-likeness (QED) is 0.766. The predicted octanol–water partition coefficient (Wildman–Crippen LogP) is 1.52. The Bertz CT molecular complexity index is 397. The Balaban J connectivity index is 3.00. The number of carbonyl (C=O) groups excluding carboxylic acids is 1. The van der Waals surface area contributed by atoms with Gasteiger partial charge in [-0.05, 0) is 12.1 Å². The first kappa shape index (κ1) is 11.2. The molecule has 0 saturated carbocycles. The Kier molecular flexibility index (Phi) is 2.74. The van der Waals surface area contributed by atoms with Gasteiger partial charge in [-0.3, -0.25) is 4.79 Å². The Morgan fingerprint density at radius 2 is 1.87 bits per heavy atom. The van der Waals surface area contributed by atoms with Crippen LogP contribution >= 0.6 is 0 Å². The topological polar surface area (TPSA) is 67.3 Å². The lowest BCUT2D eigenvalue weighted by atomic mass is 10.2. The normalized spacial score (nSPS) is 11.1. The van der Waals surface area contributed by atoms with Crippen molar-refractivity contribution in [3.05, 3.63) is 29.6 Å². The monoisotopic (exact) mass is 219 g/mol. The summed E-state index contributed by atoms with van der Waals surface area (Å²) in [5.41, 5.74) is -1.11. The Labute approximate surface area is 81.4 Å². The number of pyridine rings is 1. The van der Waals surface area contributed by atoms with Crippen LogP contribution in [0.15, 0.2) is 18.3 Å². The van der Waals surface area contributed by atoms with E-state index in [1.54, 1.807) is 0 Å². The number of carboxylic acids is 1. The van der Waals surface area contributed by atoms with Crippen molar-refractivity contribution in [2.75, 3.05) is 0 Å². The molecule has 7 heteroatoms. The van der Waals surface area contributed by atoms with Crippen molar-refractivity contribution in [1.82, 2.24) is 4.98 Å². The number of ketones is 1. The first-order chi connectivity index (χ1) is 6.82. The molecule has 15 heavy (non-hydrogen) atoms. The van der Waals surface area contributed by atoms with E-state index in [1.807, 2.05) is 0 Å². The summed E-state index contributed by atoms with van der Waals surface area (Å²) in [5.74, 6) is -3.42. The van der Waals surface area contributed by atoms with E-state index in [2.05, 4.69) is 4.98 Å². The van der Waals surface area contributed by atoms with Crippen LogP contribution in [0.25, 0.3) is 0 Å². The summed E-state index contributed by atoms with van der Waals surface area (Å²) < 4.78 is 35.7. The lowest BCUT2D eigenvalue weighted by Crippen LogP contribution is -2.23. The zero-order valence-electron chi connectivity index (χ0n) is 7.08. The van der Waals surface area contributed by atoms with E-state index in [0.717, 1.165) is 12.1 Å². The molecule has 1 aromatic rings. The van der Waals surface area contributed by atoms with Gasteiger partial charge in [0.2, 0.25) is 0 Å². The molecule has 0 saturated heterocycles. The van der Waals surface area contributed by atoms with Crippen molar-refractivity contribution in [3.8, 4) is 0 Å². The minimum absolute atomic E-state index is 0.422. The number of hydrogen-bond donors (Lipinski definition) is 1. The number of halogens is 3. The molecule has 0 aliphatic heterocycles. The van der Waals surface area contributed by atoms with Crippen molar-refractivity contribution in [2.45, 2.75) is 6.18 Å². The van der Waals surface area contributed by atoms with Gasteiger partial charge in [-0.2, -0.15) is 13.2 Å². The number of carbonyl (C=O) groups is 2. The molecule has 1 aromatic heterocycles. The van der Waals surface area contributed by atoms with Crippen LogP contribution in [0.3, 0.4) is 0 Å². The molecule has 0 aromatic carbocycles. The second-order valence-corrected chi connectivity index (χ2v) is 2.56. The smallest absolute Gasteiger partial charge is 0.454 e. The van der Waals surface area contributed by atoms with Gasteiger partial charge < -0.3 is 5.11 Å². The molecule has 0 bridgehead atoms. The van der Waals surface area contributed by atoms with Crippen molar-refractivity contribution >= 4 is 11.8 Å². The maximum absolute atomic E-state index is 11.9. The molecule has 1 N–H and O–H groups in total. The van der Waals surface area contributed by atoms with Crippen LogP contribution < -0.4 is 0 Å². The second-order valence-electron chi connectivity index (χ2n) is 2.56. The van der Waals surface area contributed by atoms with Crippen LogP contribution in [0.1, 0.15) is 20.8 Å². The highest BCUT2D eigenvalue weighted by Gasteiger charge is 2.39. The average Bonchev–Trinajstić information content (AvgIpc) is 2.15. The third-order valence-electron chi connectivity index (χ3n) is 1.50. The van der Waals surface area contributed by atoms with Gasteiger partial charge in [-0.25, -0.2) is 9.78 Å². The molecule has 0 atom stereocenters. The third-order valence-corrected chi connectivity index (χ3v) is 1.50. The molecule has 0 spiro atoms. The number of alkyl halides is 3. The van der Waals surface area contributed by atoms with E-state index in [4.69, 9.17) is 5.11 Å². The predicted molar refractivity (Wildman–Crippen MR) is 41.6 cm³/mol. The van der Waals surface area contributed by atoms with E-state index in [0.29, 0.717) is 6.20 Å². The average molecular weight is 219 g/mol. The maximum atomic E-state index is 11.9. The number of rotatable bonds is 2. The lowest BCUT2D eigenvalue weighted by molar-refractivity contribution is -0.0885. The number of carboxylic acid groups (broad SMARTS) is 1. The van der Waals surface area contributed by atoms with Gasteiger partial charge in [0.1, 0.15) is 5.69 Å². The van der Waals surface area contributed by atoms with Crippen molar-refractivity contribution in [3.63, 3.8) is 0 Å². The zero-order chi connectivity index (χ0) is 11.6. The highest BCUT2D eigenvalue weighted by atomic mass is 19.4. The molecule has 0 aliphatic rings. The minimum atomic E-state index is -4.98. The summed E-state index contributed by atoms with van der Waals surface area (Å²) in [6.45, 7) is 0. The molecule has 0 fully saturated rings. The van der Waals surface area contributed by atoms with Crippen molar-refractivity contribution < 1.29 is 27.9 Å². The van der Waals surface area contributed by atoms with Crippen molar-refractivity contribution in [2.24, 2.45) is 0 Å². The first-order valence-electron chi connectivity index (χ1n) is 3.63. The number of aromatic nitrogens is 1. The third kappa shape index (κ3) is 2.52. The largest absolute Gasteiger partial charge is 0.477 e. The van der Waals surface area contributed by atoms with Crippen molar-refractivity contribution in [1.29, 1.82) is 0 Å². The van der Waals surface area contributed by atoms with Crippen LogP contribution in [-0.2, 0) is 0 Å². The highest BCUT2D eigenvalue weighted by Crippen LogP contribution is 2.20. The minimum Gasteiger partial charge on any atom is -0.477 e.